The van der Waals surface area contributed by atoms with Crippen molar-refractivity contribution in [3.63, 3.8) is 0 Å². The molecule has 0 aliphatic carbocycles. The third-order valence-electron chi connectivity index (χ3n) is 5.38. The summed E-state index contributed by atoms with van der Waals surface area (Å²) in [7, 11) is 5.16. The minimum absolute atomic E-state index is 0.0330. The summed E-state index contributed by atoms with van der Waals surface area (Å²) >= 11 is 0. The maximum absolute atomic E-state index is 13.9. The average Bonchev–Trinajstić information content (AvgIpc) is 3.00. The molecule has 0 spiro atoms. The maximum Gasteiger partial charge on any atom is 0.274 e. The zero-order valence-electron chi connectivity index (χ0n) is 16.4. The van der Waals surface area contributed by atoms with E-state index in [1.807, 2.05) is 38.1 Å². The van der Waals surface area contributed by atoms with Crippen molar-refractivity contribution in [2.75, 3.05) is 27.2 Å². The maximum atomic E-state index is 13.9. The largest absolute Gasteiger partial charge is 0.494 e. The normalized spacial score (nSPS) is 15.7. The quantitative estimate of drug-likeness (QED) is 0.807. The molecule has 1 aromatic carbocycles. The van der Waals surface area contributed by atoms with Gasteiger partial charge in [-0.05, 0) is 43.5 Å². The summed E-state index contributed by atoms with van der Waals surface area (Å²) < 4.78 is 20.5. The van der Waals surface area contributed by atoms with Crippen LogP contribution in [0.4, 0.5) is 4.39 Å². The van der Waals surface area contributed by atoms with E-state index in [9.17, 15) is 9.18 Å². The molecule has 1 saturated heterocycles. The van der Waals surface area contributed by atoms with E-state index in [-0.39, 0.29) is 23.5 Å². The summed E-state index contributed by atoms with van der Waals surface area (Å²) in [6.07, 6.45) is 1.79. The molecule has 1 aliphatic rings. The minimum atomic E-state index is -0.333. The molecule has 7 heteroatoms. The number of carbonyl (C=O) groups is 1. The predicted molar refractivity (Wildman–Crippen MR) is 101 cm³/mol. The van der Waals surface area contributed by atoms with E-state index in [1.54, 1.807) is 10.7 Å². The molecule has 0 saturated carbocycles. The van der Waals surface area contributed by atoms with Gasteiger partial charge < -0.3 is 9.64 Å². The van der Waals surface area contributed by atoms with Crippen molar-refractivity contribution in [3.05, 3.63) is 47.0 Å². The molecule has 1 amide bonds. The lowest BCUT2D eigenvalue weighted by Gasteiger charge is -2.36. The molecular weight excluding hydrogens is 347 g/mol. The lowest BCUT2D eigenvalue weighted by molar-refractivity contribution is 0.0630. The van der Waals surface area contributed by atoms with Gasteiger partial charge in [0.25, 0.3) is 5.91 Å². The van der Waals surface area contributed by atoms with Gasteiger partial charge >= 0.3 is 0 Å². The Labute approximate surface area is 159 Å². The van der Waals surface area contributed by atoms with Crippen LogP contribution < -0.4 is 4.74 Å². The fraction of sp³-hybridized carbons (Fsp3) is 0.500. The van der Waals surface area contributed by atoms with E-state index in [0.717, 1.165) is 37.2 Å². The van der Waals surface area contributed by atoms with E-state index >= 15 is 0 Å². The fourth-order valence-corrected chi connectivity index (χ4v) is 3.54. The molecule has 0 radical (unpaired) electrons. The standard InChI is InChI=1S/C20H27FN4O2/c1-14-11-18(22-24(14)3)20(26)23(2)16-7-9-25(10-8-16)13-15-5-6-19(27-4)17(21)12-15/h5-6,11-12,16H,7-10,13H2,1-4H3. The van der Waals surface area contributed by atoms with Gasteiger partial charge in [-0.3, -0.25) is 14.4 Å². The molecule has 27 heavy (non-hydrogen) atoms. The number of ether oxygens (including phenoxy) is 1. The number of amides is 1. The van der Waals surface area contributed by atoms with Crippen LogP contribution in [-0.4, -0.2) is 58.8 Å². The van der Waals surface area contributed by atoms with Crippen molar-refractivity contribution in [1.82, 2.24) is 19.6 Å². The number of rotatable bonds is 5. The summed E-state index contributed by atoms with van der Waals surface area (Å²) in [6.45, 7) is 4.38. The highest BCUT2D eigenvalue weighted by atomic mass is 19.1. The number of aryl methyl sites for hydroxylation is 2. The number of hydrogen-bond acceptors (Lipinski definition) is 4. The smallest absolute Gasteiger partial charge is 0.274 e. The Balaban J connectivity index is 1.55. The van der Waals surface area contributed by atoms with Gasteiger partial charge in [-0.15, -0.1) is 0 Å². The molecule has 1 fully saturated rings. The molecule has 0 N–H and O–H groups in total. The van der Waals surface area contributed by atoms with Gasteiger partial charge in [0.1, 0.15) is 0 Å². The lowest BCUT2D eigenvalue weighted by atomic mass is 10.0. The van der Waals surface area contributed by atoms with E-state index in [1.165, 1.54) is 13.2 Å². The Bertz CT molecular complexity index is 793. The predicted octanol–water partition coefficient (Wildman–Crippen LogP) is 2.61. The molecule has 1 aliphatic heterocycles. The van der Waals surface area contributed by atoms with Crippen LogP contribution in [0, 0.1) is 12.7 Å². The average molecular weight is 374 g/mol. The van der Waals surface area contributed by atoms with Gasteiger partial charge in [-0.2, -0.15) is 5.10 Å². The van der Waals surface area contributed by atoms with Crippen LogP contribution in [0.15, 0.2) is 24.3 Å². The number of benzene rings is 1. The number of carbonyl (C=O) groups excluding carboxylic acids is 1. The lowest BCUT2D eigenvalue weighted by Crippen LogP contribution is -2.45. The first kappa shape index (κ1) is 19.4. The van der Waals surface area contributed by atoms with Crippen LogP contribution in [0.25, 0.3) is 0 Å². The molecular formula is C20H27FN4O2. The summed E-state index contributed by atoms with van der Waals surface area (Å²) in [5.74, 6) is -0.0994. The summed E-state index contributed by atoms with van der Waals surface area (Å²) in [6, 6.07) is 7.12. The summed E-state index contributed by atoms with van der Waals surface area (Å²) in [5, 5.41) is 4.29. The first-order valence-electron chi connectivity index (χ1n) is 9.21. The Kier molecular flexibility index (Phi) is 5.79. The van der Waals surface area contributed by atoms with Crippen LogP contribution in [0.2, 0.25) is 0 Å². The third kappa shape index (κ3) is 4.30. The SMILES string of the molecule is COc1ccc(CN2CCC(N(C)C(=O)c3cc(C)n(C)n3)CC2)cc1F. The van der Waals surface area contributed by atoms with Gasteiger partial charge in [-0.1, -0.05) is 6.07 Å². The summed E-state index contributed by atoms with van der Waals surface area (Å²) in [5.41, 5.74) is 2.39. The van der Waals surface area contributed by atoms with Crippen molar-refractivity contribution in [2.24, 2.45) is 7.05 Å². The minimum Gasteiger partial charge on any atom is -0.494 e. The van der Waals surface area contributed by atoms with Gasteiger partial charge in [0.05, 0.1) is 7.11 Å². The van der Waals surface area contributed by atoms with Crippen LogP contribution in [0.5, 0.6) is 5.75 Å². The number of aromatic nitrogens is 2. The Morgan fingerprint density at radius 1 is 1.33 bits per heavy atom. The zero-order chi connectivity index (χ0) is 19.6. The van der Waals surface area contributed by atoms with E-state index < -0.39 is 0 Å². The highest BCUT2D eigenvalue weighted by Gasteiger charge is 2.27. The summed E-state index contributed by atoms with van der Waals surface area (Å²) in [4.78, 5) is 16.8. The second-order valence-electron chi connectivity index (χ2n) is 7.19. The highest BCUT2D eigenvalue weighted by molar-refractivity contribution is 5.92. The van der Waals surface area contributed by atoms with E-state index in [0.29, 0.717) is 12.2 Å². The molecule has 0 unspecified atom stereocenters. The molecule has 2 aromatic rings. The van der Waals surface area contributed by atoms with E-state index in [4.69, 9.17) is 4.74 Å². The number of methoxy groups -OCH3 is 1. The Morgan fingerprint density at radius 3 is 2.59 bits per heavy atom. The van der Waals surface area contributed by atoms with Crippen molar-refractivity contribution >= 4 is 5.91 Å². The number of nitrogens with zero attached hydrogens (tertiary/aromatic N) is 4. The zero-order valence-corrected chi connectivity index (χ0v) is 16.4. The van der Waals surface area contributed by atoms with Gasteiger partial charge in [0.15, 0.2) is 17.3 Å². The first-order valence-corrected chi connectivity index (χ1v) is 9.21. The van der Waals surface area contributed by atoms with Crippen LogP contribution in [-0.2, 0) is 13.6 Å². The fourth-order valence-electron chi connectivity index (χ4n) is 3.54. The second-order valence-corrected chi connectivity index (χ2v) is 7.19. The topological polar surface area (TPSA) is 50.6 Å². The number of likely N-dealkylation sites (tertiary alicyclic amines) is 1. The van der Waals surface area contributed by atoms with Gasteiger partial charge in [0, 0.05) is 45.5 Å². The molecule has 0 atom stereocenters. The van der Waals surface area contributed by atoms with Crippen molar-refractivity contribution < 1.29 is 13.9 Å². The number of piperidine rings is 1. The van der Waals surface area contributed by atoms with Crippen molar-refractivity contribution in [3.8, 4) is 5.75 Å². The van der Waals surface area contributed by atoms with Gasteiger partial charge in [0.2, 0.25) is 0 Å². The van der Waals surface area contributed by atoms with Crippen LogP contribution in [0.3, 0.4) is 0 Å². The van der Waals surface area contributed by atoms with Crippen molar-refractivity contribution in [1.29, 1.82) is 0 Å². The monoisotopic (exact) mass is 374 g/mol. The molecule has 1 aromatic heterocycles. The van der Waals surface area contributed by atoms with Crippen LogP contribution in [0.1, 0.15) is 34.6 Å². The Morgan fingerprint density at radius 2 is 2.04 bits per heavy atom. The van der Waals surface area contributed by atoms with Gasteiger partial charge in [-0.25, -0.2) is 4.39 Å². The molecule has 6 nitrogen and oxygen atoms in total. The molecule has 146 valence electrons. The molecule has 3 rings (SSSR count). The highest BCUT2D eigenvalue weighted by Crippen LogP contribution is 2.22. The number of hydrogen-bond donors (Lipinski definition) is 0. The van der Waals surface area contributed by atoms with Crippen LogP contribution >= 0.6 is 0 Å². The van der Waals surface area contributed by atoms with E-state index in [2.05, 4.69) is 10.00 Å². The Hall–Kier alpha value is -2.41. The second kappa shape index (κ2) is 8.08. The molecule has 2 heterocycles. The number of halogens is 1. The third-order valence-corrected chi connectivity index (χ3v) is 5.38. The van der Waals surface area contributed by atoms with Crippen molar-refractivity contribution in [2.45, 2.75) is 32.4 Å². The molecule has 0 bridgehead atoms. The first-order chi connectivity index (χ1) is 12.9.